The lowest BCUT2D eigenvalue weighted by atomic mass is 10.0. The number of hydrogen-bond acceptors (Lipinski definition) is 3. The maximum absolute atomic E-state index is 14.1. The molecular formula is C16H15FN2O2. The van der Waals surface area contributed by atoms with E-state index in [1.165, 1.54) is 24.3 Å². The van der Waals surface area contributed by atoms with E-state index in [4.69, 9.17) is 4.74 Å². The van der Waals surface area contributed by atoms with E-state index in [9.17, 15) is 9.18 Å². The Kier molecular flexibility index (Phi) is 3.56. The van der Waals surface area contributed by atoms with Gasteiger partial charge in [0.25, 0.3) is 5.91 Å². The van der Waals surface area contributed by atoms with Gasteiger partial charge in [0.2, 0.25) is 5.88 Å². The summed E-state index contributed by atoms with van der Waals surface area (Å²) in [6, 6.07) is 8.20. The Balaban J connectivity index is 1.96. The summed E-state index contributed by atoms with van der Waals surface area (Å²) in [6.45, 7) is 0.513. The van der Waals surface area contributed by atoms with Crippen molar-refractivity contribution in [1.82, 2.24) is 4.98 Å². The number of ether oxygens (including phenoxy) is 1. The zero-order chi connectivity index (χ0) is 14.8. The number of para-hydroxylation sites is 1. The van der Waals surface area contributed by atoms with Gasteiger partial charge in [-0.1, -0.05) is 12.1 Å². The quantitative estimate of drug-likeness (QED) is 0.852. The van der Waals surface area contributed by atoms with E-state index in [1.807, 2.05) is 6.07 Å². The number of pyridine rings is 1. The highest BCUT2D eigenvalue weighted by atomic mass is 19.1. The van der Waals surface area contributed by atoms with Crippen molar-refractivity contribution >= 4 is 11.6 Å². The number of amides is 1. The maximum atomic E-state index is 14.1. The first-order chi connectivity index (χ1) is 10.2. The van der Waals surface area contributed by atoms with Crippen molar-refractivity contribution in [3.05, 3.63) is 53.5 Å². The van der Waals surface area contributed by atoms with Gasteiger partial charge in [-0.25, -0.2) is 9.37 Å². The largest absolute Gasteiger partial charge is 0.481 e. The number of carbonyl (C=O) groups is 1. The summed E-state index contributed by atoms with van der Waals surface area (Å²) in [7, 11) is 1.51. The molecule has 0 spiro atoms. The van der Waals surface area contributed by atoms with Crippen LogP contribution in [0.3, 0.4) is 0 Å². The van der Waals surface area contributed by atoms with Crippen LogP contribution in [-0.2, 0) is 6.42 Å². The number of rotatable bonds is 2. The van der Waals surface area contributed by atoms with Crippen molar-refractivity contribution < 1.29 is 13.9 Å². The molecule has 5 heteroatoms. The Morgan fingerprint density at radius 2 is 2.19 bits per heavy atom. The summed E-state index contributed by atoms with van der Waals surface area (Å²) in [4.78, 5) is 18.1. The topological polar surface area (TPSA) is 42.4 Å². The molecular weight excluding hydrogens is 271 g/mol. The Morgan fingerprint density at radius 1 is 1.33 bits per heavy atom. The predicted octanol–water partition coefficient (Wildman–Crippen LogP) is 2.82. The number of aromatic nitrogens is 1. The van der Waals surface area contributed by atoms with Crippen LogP contribution in [0.4, 0.5) is 10.1 Å². The molecule has 0 aliphatic carbocycles. The number of halogens is 1. The van der Waals surface area contributed by atoms with E-state index in [0.717, 1.165) is 18.4 Å². The number of hydrogen-bond donors (Lipinski definition) is 0. The van der Waals surface area contributed by atoms with E-state index in [2.05, 4.69) is 4.98 Å². The minimum absolute atomic E-state index is 0.240. The molecule has 108 valence electrons. The zero-order valence-electron chi connectivity index (χ0n) is 11.7. The molecule has 0 bridgehead atoms. The second kappa shape index (κ2) is 5.52. The Bertz CT molecular complexity index is 670. The summed E-state index contributed by atoms with van der Waals surface area (Å²) in [5.74, 6) is -0.157. The van der Waals surface area contributed by atoms with Crippen LogP contribution in [0.15, 0.2) is 36.5 Å². The normalized spacial score (nSPS) is 13.7. The first-order valence-corrected chi connectivity index (χ1v) is 6.80. The molecule has 4 nitrogen and oxygen atoms in total. The fraction of sp³-hybridized carbons (Fsp3) is 0.250. The number of aryl methyl sites for hydroxylation is 1. The number of fused-ring (bicyclic) bond motifs is 1. The number of benzene rings is 1. The lowest BCUT2D eigenvalue weighted by Crippen LogP contribution is -2.36. The van der Waals surface area contributed by atoms with E-state index in [1.54, 1.807) is 18.2 Å². The predicted molar refractivity (Wildman–Crippen MR) is 77.2 cm³/mol. The number of carbonyl (C=O) groups excluding carboxylic acids is 1. The summed E-state index contributed by atoms with van der Waals surface area (Å²) in [5.41, 5.74) is 1.69. The van der Waals surface area contributed by atoms with Gasteiger partial charge < -0.3 is 9.64 Å². The Labute approximate surface area is 122 Å². The number of anilines is 1. The fourth-order valence-corrected chi connectivity index (χ4v) is 2.59. The monoisotopic (exact) mass is 286 g/mol. The van der Waals surface area contributed by atoms with E-state index >= 15 is 0 Å². The average molecular weight is 286 g/mol. The number of nitrogens with zero attached hydrogens (tertiary/aromatic N) is 2. The van der Waals surface area contributed by atoms with Crippen LogP contribution >= 0.6 is 0 Å². The van der Waals surface area contributed by atoms with Crippen molar-refractivity contribution in [2.45, 2.75) is 12.8 Å². The standard InChI is InChI=1S/C16H15FN2O2/c1-21-14-8-7-12(10-18-14)16(20)19-9-3-5-11-4-2-6-13(17)15(11)19/h2,4,6-8,10H,3,5,9H2,1H3. The van der Waals surface area contributed by atoms with E-state index in [0.29, 0.717) is 23.7 Å². The summed E-state index contributed by atoms with van der Waals surface area (Å²) >= 11 is 0. The molecule has 1 aromatic heterocycles. The van der Waals surface area contributed by atoms with Gasteiger partial charge in [-0.2, -0.15) is 0 Å². The first-order valence-electron chi connectivity index (χ1n) is 6.80. The van der Waals surface area contributed by atoms with Gasteiger partial charge in [-0.05, 0) is 30.5 Å². The third-order valence-electron chi connectivity index (χ3n) is 3.61. The van der Waals surface area contributed by atoms with Crippen molar-refractivity contribution in [1.29, 1.82) is 0 Å². The summed E-state index contributed by atoms with van der Waals surface area (Å²) in [6.07, 6.45) is 3.07. The smallest absolute Gasteiger partial charge is 0.259 e. The van der Waals surface area contributed by atoms with Crippen molar-refractivity contribution in [3.8, 4) is 5.88 Å². The molecule has 1 aliphatic heterocycles. The van der Waals surface area contributed by atoms with Crippen molar-refractivity contribution in [2.75, 3.05) is 18.6 Å². The molecule has 0 saturated heterocycles. The van der Waals surface area contributed by atoms with Gasteiger partial charge in [-0.3, -0.25) is 4.79 Å². The molecule has 0 fully saturated rings. The number of methoxy groups -OCH3 is 1. The molecule has 0 saturated carbocycles. The maximum Gasteiger partial charge on any atom is 0.259 e. The van der Waals surface area contributed by atoms with Crippen LogP contribution in [-0.4, -0.2) is 24.5 Å². The second-order valence-electron chi connectivity index (χ2n) is 4.90. The van der Waals surface area contributed by atoms with E-state index in [-0.39, 0.29) is 11.7 Å². The van der Waals surface area contributed by atoms with Gasteiger partial charge >= 0.3 is 0 Å². The van der Waals surface area contributed by atoms with Gasteiger partial charge in [-0.15, -0.1) is 0 Å². The van der Waals surface area contributed by atoms with Gasteiger partial charge in [0.15, 0.2) is 0 Å². The van der Waals surface area contributed by atoms with Crippen LogP contribution in [0.25, 0.3) is 0 Å². The molecule has 3 rings (SSSR count). The summed E-state index contributed by atoms with van der Waals surface area (Å²) in [5, 5.41) is 0. The molecule has 21 heavy (non-hydrogen) atoms. The van der Waals surface area contributed by atoms with Crippen LogP contribution in [0.2, 0.25) is 0 Å². The third kappa shape index (κ3) is 2.46. The Morgan fingerprint density at radius 3 is 2.90 bits per heavy atom. The Hall–Kier alpha value is -2.43. The highest BCUT2D eigenvalue weighted by molar-refractivity contribution is 6.06. The summed E-state index contributed by atoms with van der Waals surface area (Å²) < 4.78 is 19.1. The minimum Gasteiger partial charge on any atom is -0.481 e. The third-order valence-corrected chi connectivity index (χ3v) is 3.61. The molecule has 0 unspecified atom stereocenters. The van der Waals surface area contributed by atoms with Gasteiger partial charge in [0, 0.05) is 18.8 Å². The van der Waals surface area contributed by atoms with Crippen LogP contribution in [0, 0.1) is 5.82 Å². The molecule has 2 heterocycles. The average Bonchev–Trinajstić information content (AvgIpc) is 2.54. The van der Waals surface area contributed by atoms with Crippen LogP contribution in [0.1, 0.15) is 22.3 Å². The molecule has 0 N–H and O–H groups in total. The van der Waals surface area contributed by atoms with E-state index < -0.39 is 0 Å². The fourth-order valence-electron chi connectivity index (χ4n) is 2.59. The highest BCUT2D eigenvalue weighted by Crippen LogP contribution is 2.31. The molecule has 2 aromatic rings. The molecule has 1 amide bonds. The molecule has 1 aliphatic rings. The zero-order valence-corrected chi connectivity index (χ0v) is 11.7. The highest BCUT2D eigenvalue weighted by Gasteiger charge is 2.26. The lowest BCUT2D eigenvalue weighted by Gasteiger charge is -2.29. The second-order valence-corrected chi connectivity index (χ2v) is 4.90. The molecule has 0 radical (unpaired) electrons. The first kappa shape index (κ1) is 13.5. The SMILES string of the molecule is COc1ccc(C(=O)N2CCCc3cccc(F)c32)cn1. The lowest BCUT2D eigenvalue weighted by molar-refractivity contribution is 0.0983. The van der Waals surface area contributed by atoms with Gasteiger partial charge in [0.05, 0.1) is 18.4 Å². The van der Waals surface area contributed by atoms with Gasteiger partial charge in [0.1, 0.15) is 5.82 Å². The van der Waals surface area contributed by atoms with Crippen LogP contribution in [0.5, 0.6) is 5.88 Å². The van der Waals surface area contributed by atoms with Crippen LogP contribution < -0.4 is 9.64 Å². The minimum atomic E-state index is -0.359. The van der Waals surface area contributed by atoms with Crippen molar-refractivity contribution in [2.24, 2.45) is 0 Å². The molecule has 1 aromatic carbocycles. The molecule has 0 atom stereocenters. The van der Waals surface area contributed by atoms with Crippen molar-refractivity contribution in [3.63, 3.8) is 0 Å².